The number of nitrogens with two attached hydrogens (primary N) is 1. The zero-order chi connectivity index (χ0) is 29.5. The molecule has 0 saturated carbocycles. The largest absolute Gasteiger partial charge is 0.462 e. The molecule has 5 rings (SSSR count). The third kappa shape index (κ3) is 5.11. The summed E-state index contributed by atoms with van der Waals surface area (Å²) in [7, 11) is 0. The second-order valence-corrected chi connectivity index (χ2v) is 10.1. The fourth-order valence-electron chi connectivity index (χ4n) is 4.43. The molecule has 0 bridgehead atoms. The first-order chi connectivity index (χ1) is 19.5. The van der Waals surface area contributed by atoms with Gasteiger partial charge in [-0.25, -0.2) is 14.3 Å². The Hall–Kier alpha value is -4.78. The van der Waals surface area contributed by atoms with Gasteiger partial charge in [0.25, 0.3) is 11.8 Å². The minimum Gasteiger partial charge on any atom is -0.462 e. The van der Waals surface area contributed by atoms with Crippen LogP contribution in [0.5, 0.6) is 0 Å². The number of nitrogens with one attached hydrogen (secondary N) is 1. The van der Waals surface area contributed by atoms with E-state index in [1.165, 1.54) is 6.92 Å². The molecule has 210 valence electrons. The number of hydrogen-bond acceptors (Lipinski definition) is 7. The highest BCUT2D eigenvalue weighted by Crippen LogP contribution is 2.36. The lowest BCUT2D eigenvalue weighted by Gasteiger charge is -2.13. The van der Waals surface area contributed by atoms with Gasteiger partial charge >= 0.3 is 12.1 Å². The van der Waals surface area contributed by atoms with Crippen LogP contribution in [0.3, 0.4) is 0 Å². The zero-order valence-corrected chi connectivity index (χ0v) is 22.5. The highest BCUT2D eigenvalue weighted by Gasteiger charge is 2.36. The van der Waals surface area contributed by atoms with Gasteiger partial charge in [-0.3, -0.25) is 9.59 Å². The van der Waals surface area contributed by atoms with Gasteiger partial charge in [0.05, 0.1) is 28.9 Å². The number of ether oxygens (including phenoxy) is 1. The highest BCUT2D eigenvalue weighted by molar-refractivity contribution is 7.18. The minimum absolute atomic E-state index is 0.0111. The summed E-state index contributed by atoms with van der Waals surface area (Å²) in [6.45, 7) is 3.38. The number of nitrogens with zero attached hydrogens (tertiary/aromatic N) is 3. The molecule has 41 heavy (non-hydrogen) atoms. The molecule has 0 unspecified atom stereocenters. The number of benzene rings is 2. The van der Waals surface area contributed by atoms with E-state index in [9.17, 15) is 27.6 Å². The number of esters is 1. The predicted molar refractivity (Wildman–Crippen MR) is 147 cm³/mol. The van der Waals surface area contributed by atoms with E-state index >= 15 is 0 Å². The monoisotopic (exact) mass is 581 g/mol. The molecule has 0 atom stereocenters. The number of carbonyl (C=O) groups excluding carboxylic acids is 3. The third-order valence-electron chi connectivity index (χ3n) is 6.31. The first-order valence-electron chi connectivity index (χ1n) is 12.4. The van der Waals surface area contributed by atoms with Crippen molar-refractivity contribution in [2.75, 3.05) is 11.9 Å². The van der Waals surface area contributed by atoms with E-state index in [0.29, 0.717) is 21.9 Å². The Morgan fingerprint density at radius 3 is 2.56 bits per heavy atom. The van der Waals surface area contributed by atoms with Crippen LogP contribution >= 0.6 is 11.3 Å². The van der Waals surface area contributed by atoms with Crippen LogP contribution in [0.1, 0.15) is 55.0 Å². The van der Waals surface area contributed by atoms with E-state index < -0.39 is 29.7 Å². The van der Waals surface area contributed by atoms with Crippen molar-refractivity contribution >= 4 is 50.5 Å². The lowest BCUT2D eigenvalue weighted by Crippen LogP contribution is -2.17. The van der Waals surface area contributed by atoms with Gasteiger partial charge in [-0.15, -0.1) is 11.3 Å². The van der Waals surface area contributed by atoms with Gasteiger partial charge in [0, 0.05) is 5.56 Å². The maximum atomic E-state index is 14.2. The summed E-state index contributed by atoms with van der Waals surface area (Å²) in [5.74, 6) is -2.48. The number of amides is 2. The van der Waals surface area contributed by atoms with Crippen molar-refractivity contribution in [2.45, 2.75) is 26.4 Å². The Balaban J connectivity index is 1.64. The molecule has 3 N–H and O–H groups in total. The van der Waals surface area contributed by atoms with Gasteiger partial charge < -0.3 is 15.8 Å². The van der Waals surface area contributed by atoms with Crippen LogP contribution < -0.4 is 11.1 Å². The summed E-state index contributed by atoms with van der Waals surface area (Å²) in [4.78, 5) is 42.6. The van der Waals surface area contributed by atoms with E-state index in [2.05, 4.69) is 15.4 Å². The summed E-state index contributed by atoms with van der Waals surface area (Å²) in [5.41, 5.74) is 4.26. The Kier molecular flexibility index (Phi) is 7.22. The first-order valence-corrected chi connectivity index (χ1v) is 13.2. The Morgan fingerprint density at radius 1 is 1.12 bits per heavy atom. The molecule has 0 saturated heterocycles. The number of carbonyl (C=O) groups is 3. The summed E-state index contributed by atoms with van der Waals surface area (Å²) in [6, 6.07) is 13.2. The molecule has 0 aliphatic heterocycles. The van der Waals surface area contributed by atoms with E-state index in [0.717, 1.165) is 29.0 Å². The quantitative estimate of drug-likeness (QED) is 0.232. The number of anilines is 1. The van der Waals surface area contributed by atoms with Gasteiger partial charge in [0.2, 0.25) is 0 Å². The fourth-order valence-corrected chi connectivity index (χ4v) is 5.47. The van der Waals surface area contributed by atoms with Crippen LogP contribution in [-0.4, -0.2) is 39.0 Å². The minimum atomic E-state index is -4.82. The molecule has 3 aromatic heterocycles. The summed E-state index contributed by atoms with van der Waals surface area (Å²) in [6.07, 6.45) is -3.32. The molecule has 0 aliphatic rings. The number of fused-ring (bicyclic) bond motifs is 2. The second kappa shape index (κ2) is 10.7. The van der Waals surface area contributed by atoms with E-state index in [4.69, 9.17) is 10.5 Å². The molecule has 5 aromatic rings. The van der Waals surface area contributed by atoms with Gasteiger partial charge in [-0.2, -0.15) is 18.3 Å². The number of thiophene rings is 1. The molecule has 2 amide bonds. The van der Waals surface area contributed by atoms with Crippen LogP contribution in [0.4, 0.5) is 18.2 Å². The number of halogens is 3. The number of hydrogen-bond donors (Lipinski definition) is 2. The van der Waals surface area contributed by atoms with E-state index in [1.807, 2.05) is 18.2 Å². The zero-order valence-electron chi connectivity index (χ0n) is 21.7. The van der Waals surface area contributed by atoms with Crippen molar-refractivity contribution in [3.8, 4) is 11.3 Å². The third-order valence-corrected chi connectivity index (χ3v) is 7.53. The molecule has 0 aliphatic carbocycles. The standard InChI is InChI=1S/C28H22F3N5O4S/c1-3-11-40-27(39)21-14(2)22(23(32)37)41-26(21)35-25(38)18-13-33-36-20(28(29,30)31)12-19(34-24(18)36)17-10-6-8-15-7-4-5-9-16(15)17/h4-10,12-13H,3,11H2,1-2H3,(H2,32,37)(H,35,38). The Labute approximate surface area is 234 Å². The average molecular weight is 582 g/mol. The van der Waals surface area contributed by atoms with Crippen molar-refractivity contribution in [1.29, 1.82) is 0 Å². The van der Waals surface area contributed by atoms with Crippen LogP contribution in [0.2, 0.25) is 0 Å². The number of primary amides is 1. The normalized spacial score (nSPS) is 11.6. The van der Waals surface area contributed by atoms with Crippen molar-refractivity contribution in [3.63, 3.8) is 0 Å². The molecule has 0 radical (unpaired) electrons. The molecule has 9 nitrogen and oxygen atoms in total. The van der Waals surface area contributed by atoms with Crippen LogP contribution in [0, 0.1) is 6.92 Å². The molecular weight excluding hydrogens is 559 g/mol. The number of aromatic nitrogens is 3. The van der Waals surface area contributed by atoms with E-state index in [1.54, 1.807) is 31.2 Å². The average Bonchev–Trinajstić information content (AvgIpc) is 3.51. The smallest absolute Gasteiger partial charge is 0.433 e. The van der Waals surface area contributed by atoms with Gasteiger partial charge in [0.1, 0.15) is 10.6 Å². The maximum Gasteiger partial charge on any atom is 0.433 e. The molecule has 2 aromatic carbocycles. The van der Waals surface area contributed by atoms with Crippen molar-refractivity contribution < 1.29 is 32.3 Å². The molecule has 3 heterocycles. The topological polar surface area (TPSA) is 129 Å². The Bertz CT molecular complexity index is 1840. The first kappa shape index (κ1) is 27.8. The van der Waals surface area contributed by atoms with Gasteiger partial charge in [-0.05, 0) is 35.7 Å². The molecule has 13 heteroatoms. The lowest BCUT2D eigenvalue weighted by atomic mass is 10.0. The fraction of sp³-hybridized carbons (Fsp3) is 0.179. The number of rotatable bonds is 7. The summed E-state index contributed by atoms with van der Waals surface area (Å²) < 4.78 is 48.3. The van der Waals surface area contributed by atoms with Crippen molar-refractivity contribution in [1.82, 2.24) is 14.6 Å². The van der Waals surface area contributed by atoms with Gasteiger partial charge in [-0.1, -0.05) is 49.4 Å². The molecule has 0 fully saturated rings. The molecular formula is C28H22F3N5O4S. The van der Waals surface area contributed by atoms with Crippen LogP contribution in [-0.2, 0) is 10.9 Å². The van der Waals surface area contributed by atoms with Gasteiger partial charge in [0.15, 0.2) is 11.3 Å². The second-order valence-electron chi connectivity index (χ2n) is 9.06. The van der Waals surface area contributed by atoms with Crippen molar-refractivity contribution in [2.24, 2.45) is 5.73 Å². The predicted octanol–water partition coefficient (Wildman–Crippen LogP) is 5.86. The molecule has 0 spiro atoms. The SMILES string of the molecule is CCCOC(=O)c1c(NC(=O)c2cnn3c(C(F)(F)F)cc(-c4cccc5ccccc45)nc23)sc(C(N)=O)c1C. The summed E-state index contributed by atoms with van der Waals surface area (Å²) >= 11 is 0.761. The van der Waals surface area contributed by atoms with Crippen LogP contribution in [0.25, 0.3) is 27.7 Å². The number of alkyl halides is 3. The van der Waals surface area contributed by atoms with E-state index in [-0.39, 0.29) is 44.5 Å². The summed E-state index contributed by atoms with van der Waals surface area (Å²) in [5, 5.41) is 7.76. The lowest BCUT2D eigenvalue weighted by molar-refractivity contribution is -0.142. The highest BCUT2D eigenvalue weighted by atomic mass is 32.1. The van der Waals surface area contributed by atoms with Crippen LogP contribution in [0.15, 0.2) is 54.7 Å². The maximum absolute atomic E-state index is 14.2. The van der Waals surface area contributed by atoms with Crippen molar-refractivity contribution in [3.05, 3.63) is 82.0 Å². The Morgan fingerprint density at radius 2 is 1.85 bits per heavy atom.